The Morgan fingerprint density at radius 3 is 1.06 bits per heavy atom. The molecule has 0 amide bonds. The summed E-state index contributed by atoms with van der Waals surface area (Å²) < 4.78 is 0. The number of hydrogen-bond acceptors (Lipinski definition) is 0. The lowest BCUT2D eigenvalue weighted by atomic mass is 9.38. The van der Waals surface area contributed by atoms with Gasteiger partial charge < -0.3 is 0 Å². The van der Waals surface area contributed by atoms with E-state index in [1.54, 1.807) is 16.3 Å². The third-order valence-electron chi connectivity index (χ3n) is 21.9. The van der Waals surface area contributed by atoms with Gasteiger partial charge in [0.1, 0.15) is 0 Å². The molecule has 0 radical (unpaired) electrons. The van der Waals surface area contributed by atoms with Crippen LogP contribution in [0.25, 0.3) is 21.5 Å². The smallest absolute Gasteiger partial charge is 0.0108 e. The zero-order chi connectivity index (χ0) is 37.1. The van der Waals surface area contributed by atoms with Crippen LogP contribution in [0.4, 0.5) is 0 Å². The summed E-state index contributed by atoms with van der Waals surface area (Å²) in [5.74, 6) is 2.84. The van der Waals surface area contributed by atoms with Crippen LogP contribution in [0.15, 0.2) is 0 Å². The summed E-state index contributed by atoms with van der Waals surface area (Å²) in [7, 11) is 0. The molecule has 0 spiro atoms. The number of aryl methyl sites for hydroxylation is 5. The summed E-state index contributed by atoms with van der Waals surface area (Å²) in [4.78, 5) is 0. The van der Waals surface area contributed by atoms with E-state index >= 15 is 0 Å². The largest absolute Gasteiger partial charge is 0.0617 e. The predicted molar refractivity (Wildman–Crippen MR) is 215 cm³/mol. The molecule has 49 heavy (non-hydrogen) atoms. The first-order chi connectivity index (χ1) is 22.1. The van der Waals surface area contributed by atoms with E-state index in [-0.39, 0.29) is 37.9 Å². The first-order valence-electron chi connectivity index (χ1n) is 20.0. The van der Waals surface area contributed by atoms with Gasteiger partial charge in [0.25, 0.3) is 0 Å². The highest BCUT2D eigenvalue weighted by atomic mass is 15.0. The van der Waals surface area contributed by atoms with Crippen LogP contribution >= 0.6 is 0 Å². The Balaban J connectivity index is 1.65. The van der Waals surface area contributed by atoms with Crippen LogP contribution in [-0.4, -0.2) is 0 Å². The fourth-order valence-corrected chi connectivity index (χ4v) is 16.9. The molecule has 3 aromatic carbocycles. The van der Waals surface area contributed by atoms with E-state index in [0.29, 0.717) is 23.2 Å². The van der Waals surface area contributed by atoms with Crippen LogP contribution in [0.2, 0.25) is 0 Å². The first kappa shape index (κ1) is 35.6. The van der Waals surface area contributed by atoms with Crippen molar-refractivity contribution in [1.82, 2.24) is 0 Å². The SMILES string of the molecule is Cc1c(C)c(C)c2c(CC3(C)C(C)(C)C4(C)C5C(C6(C)C(C)C(C)C5(C)C6(C)C)C3(C)C4(C)C)c3c(C)c(C)c(C)c(C)c3c(C)c2c1C. The van der Waals surface area contributed by atoms with Crippen molar-refractivity contribution in [3.63, 3.8) is 0 Å². The summed E-state index contributed by atoms with van der Waals surface area (Å²) in [6.45, 7) is 57.3. The van der Waals surface area contributed by atoms with E-state index < -0.39 is 0 Å². The van der Waals surface area contributed by atoms with Gasteiger partial charge in [0.05, 0.1) is 0 Å². The van der Waals surface area contributed by atoms with Crippen molar-refractivity contribution in [1.29, 1.82) is 0 Å². The van der Waals surface area contributed by atoms with Crippen LogP contribution in [0.5, 0.6) is 0 Å². The third kappa shape index (κ3) is 2.97. The summed E-state index contributed by atoms with van der Waals surface area (Å²) in [6.07, 6.45) is 1.13. The molecule has 9 atom stereocenters. The topological polar surface area (TPSA) is 0 Å². The summed E-state index contributed by atoms with van der Waals surface area (Å²) in [5.41, 5.74) is 16.7. The van der Waals surface area contributed by atoms with Crippen LogP contribution in [0, 0.1) is 129 Å². The minimum Gasteiger partial charge on any atom is -0.0617 e. The van der Waals surface area contributed by atoms with E-state index in [2.05, 4.69) is 152 Å². The third-order valence-corrected chi connectivity index (χ3v) is 21.9. The van der Waals surface area contributed by atoms with Gasteiger partial charge in [0, 0.05) is 0 Å². The Hall–Kier alpha value is -1.82. The van der Waals surface area contributed by atoms with Gasteiger partial charge in [0.15, 0.2) is 0 Å². The molecule has 0 nitrogen and oxygen atoms in total. The van der Waals surface area contributed by atoms with E-state index in [1.807, 2.05) is 0 Å². The van der Waals surface area contributed by atoms with Crippen molar-refractivity contribution in [3.05, 3.63) is 55.6 Å². The molecule has 0 N–H and O–H groups in total. The number of benzene rings is 3. The van der Waals surface area contributed by atoms with Crippen LogP contribution in [0.1, 0.15) is 146 Å². The molecule has 4 bridgehead atoms. The van der Waals surface area contributed by atoms with Gasteiger partial charge >= 0.3 is 0 Å². The molecule has 7 rings (SSSR count). The highest BCUT2D eigenvalue weighted by Gasteiger charge is 2.95. The number of rotatable bonds is 2. The zero-order valence-corrected chi connectivity index (χ0v) is 36.0. The van der Waals surface area contributed by atoms with Gasteiger partial charge in [-0.2, -0.15) is 0 Å². The standard InChI is InChI=1S/C49H72/c1-24-26(3)30(7)38-35(39-31(8)27(4)25(2)29(6)37(39)32(9)36(38)28(24)5)23-45(18)42(12,13)48(21)40-41(49(45,22)44(48,16)17)47(20)34(11)33(10)46(40,19)43(47,14)15/h33-34,40-41H,23H2,1-22H3. The van der Waals surface area contributed by atoms with Gasteiger partial charge in [-0.15, -0.1) is 0 Å². The summed E-state index contributed by atoms with van der Waals surface area (Å²) in [5, 5.41) is 6.23. The fraction of sp³-hybridized carbons (Fsp3) is 0.714. The minimum absolute atomic E-state index is 0.0791. The molecule has 3 aromatic rings. The highest BCUT2D eigenvalue weighted by molar-refractivity contribution is 6.11. The van der Waals surface area contributed by atoms with Crippen LogP contribution in [0.3, 0.4) is 0 Å². The summed E-state index contributed by atoms with van der Waals surface area (Å²) in [6, 6.07) is 0. The zero-order valence-electron chi connectivity index (χ0n) is 36.0. The van der Waals surface area contributed by atoms with E-state index in [0.717, 1.165) is 12.3 Å². The Labute approximate surface area is 302 Å². The quantitative estimate of drug-likeness (QED) is 0.190. The Morgan fingerprint density at radius 1 is 0.367 bits per heavy atom. The molecule has 0 heterocycles. The molecule has 0 heteroatoms. The lowest BCUT2D eigenvalue weighted by molar-refractivity contribution is -0.186. The Morgan fingerprint density at radius 2 is 0.694 bits per heavy atom. The molecule has 0 aliphatic heterocycles. The van der Waals surface area contributed by atoms with Crippen molar-refractivity contribution >= 4 is 21.5 Å². The van der Waals surface area contributed by atoms with Gasteiger partial charge in [-0.3, -0.25) is 0 Å². The van der Waals surface area contributed by atoms with Crippen LogP contribution in [-0.2, 0) is 6.42 Å². The molecule has 4 aliphatic rings. The predicted octanol–water partition coefficient (Wildman–Crippen LogP) is 14.0. The maximum absolute atomic E-state index is 2.84. The van der Waals surface area contributed by atoms with Gasteiger partial charge in [-0.25, -0.2) is 0 Å². The normalized spacial score (nSPS) is 41.0. The fourth-order valence-electron chi connectivity index (χ4n) is 16.9. The average Bonchev–Trinajstić information content (AvgIpc) is 3.35. The molecule has 0 aromatic heterocycles. The number of fused-ring (bicyclic) bond motifs is 11. The van der Waals surface area contributed by atoms with Gasteiger partial charge in [0.2, 0.25) is 0 Å². The summed E-state index contributed by atoms with van der Waals surface area (Å²) >= 11 is 0. The second-order valence-electron chi connectivity index (χ2n) is 21.5. The molecule has 4 fully saturated rings. The second-order valence-corrected chi connectivity index (χ2v) is 21.5. The maximum Gasteiger partial charge on any atom is -0.0108 e. The van der Waals surface area contributed by atoms with Crippen molar-refractivity contribution in [3.8, 4) is 0 Å². The van der Waals surface area contributed by atoms with Crippen molar-refractivity contribution in [2.24, 2.45) is 67.0 Å². The van der Waals surface area contributed by atoms with Crippen molar-refractivity contribution in [2.75, 3.05) is 0 Å². The van der Waals surface area contributed by atoms with Gasteiger partial charge in [-0.1, -0.05) is 90.0 Å². The van der Waals surface area contributed by atoms with E-state index in [4.69, 9.17) is 0 Å². The lowest BCUT2D eigenvalue weighted by Crippen LogP contribution is -2.62. The van der Waals surface area contributed by atoms with E-state index in [1.165, 1.54) is 60.8 Å². The molecule has 4 aliphatic carbocycles. The molecule has 0 saturated heterocycles. The average molecular weight is 661 g/mol. The molecular formula is C49H72. The molecule has 9 unspecified atom stereocenters. The van der Waals surface area contributed by atoms with E-state index in [9.17, 15) is 0 Å². The maximum atomic E-state index is 2.84. The molecule has 268 valence electrons. The first-order valence-corrected chi connectivity index (χ1v) is 20.0. The Kier molecular flexibility index (Phi) is 6.69. The number of hydrogen-bond donors (Lipinski definition) is 0. The molecule has 4 saturated carbocycles. The lowest BCUT2D eigenvalue weighted by Gasteiger charge is -2.66. The van der Waals surface area contributed by atoms with Crippen molar-refractivity contribution < 1.29 is 0 Å². The minimum atomic E-state index is 0.0791. The van der Waals surface area contributed by atoms with Crippen LogP contribution < -0.4 is 0 Å². The van der Waals surface area contributed by atoms with Gasteiger partial charge in [-0.05, 0) is 213 Å². The highest BCUT2D eigenvalue weighted by Crippen LogP contribution is 2.99. The Bertz CT molecular complexity index is 1950. The van der Waals surface area contributed by atoms with Crippen molar-refractivity contribution in [2.45, 2.75) is 159 Å². The molecular weight excluding hydrogens is 589 g/mol. The monoisotopic (exact) mass is 661 g/mol. The second kappa shape index (κ2) is 9.21.